The standard InChI is InChI=1S/C22H29FN2O3S/c1-5-21(25(29(4,27)28)19-13-11-18(23)12-14-19)22(26)24-20(15-16(2)3)17-9-7-6-8-10-17/h6-14,16,20-21H,5,15H2,1-4H3,(H,24,26)/t20-,21-/m0/s1. The first kappa shape index (κ1) is 22.9. The molecular weight excluding hydrogens is 391 g/mol. The molecule has 5 nitrogen and oxygen atoms in total. The van der Waals surface area contributed by atoms with Crippen molar-refractivity contribution in [1.29, 1.82) is 0 Å². The molecule has 0 unspecified atom stereocenters. The number of rotatable bonds is 9. The number of carbonyl (C=O) groups is 1. The molecule has 0 aliphatic rings. The molecule has 2 atom stereocenters. The van der Waals surface area contributed by atoms with Gasteiger partial charge in [-0.3, -0.25) is 9.10 Å². The third-order valence-corrected chi connectivity index (χ3v) is 5.82. The summed E-state index contributed by atoms with van der Waals surface area (Å²) < 4.78 is 39.4. The number of benzene rings is 2. The summed E-state index contributed by atoms with van der Waals surface area (Å²) in [6, 6.07) is 13.6. The van der Waals surface area contributed by atoms with Gasteiger partial charge in [-0.05, 0) is 48.6 Å². The van der Waals surface area contributed by atoms with Crippen molar-refractivity contribution >= 4 is 21.6 Å². The molecular formula is C22H29FN2O3S. The first-order valence-electron chi connectivity index (χ1n) is 9.73. The summed E-state index contributed by atoms with van der Waals surface area (Å²) in [5.41, 5.74) is 1.23. The summed E-state index contributed by atoms with van der Waals surface area (Å²) in [6.45, 7) is 5.90. The van der Waals surface area contributed by atoms with Crippen molar-refractivity contribution in [2.24, 2.45) is 5.92 Å². The van der Waals surface area contributed by atoms with Crippen molar-refractivity contribution in [3.05, 3.63) is 66.0 Å². The lowest BCUT2D eigenvalue weighted by Gasteiger charge is -2.32. The van der Waals surface area contributed by atoms with Crippen LogP contribution in [-0.4, -0.2) is 26.6 Å². The van der Waals surface area contributed by atoms with Crippen LogP contribution in [-0.2, 0) is 14.8 Å². The molecule has 0 spiro atoms. The highest BCUT2D eigenvalue weighted by Gasteiger charge is 2.32. The maximum Gasteiger partial charge on any atom is 0.244 e. The van der Waals surface area contributed by atoms with Crippen LogP contribution in [0.25, 0.3) is 0 Å². The molecule has 0 saturated carbocycles. The topological polar surface area (TPSA) is 66.5 Å². The summed E-state index contributed by atoms with van der Waals surface area (Å²) in [5.74, 6) is -0.513. The molecule has 0 aliphatic heterocycles. The van der Waals surface area contributed by atoms with Crippen LogP contribution < -0.4 is 9.62 Å². The average Bonchev–Trinajstić information content (AvgIpc) is 2.65. The molecule has 0 aliphatic carbocycles. The second-order valence-corrected chi connectivity index (χ2v) is 9.42. The Morgan fingerprint density at radius 1 is 1.07 bits per heavy atom. The van der Waals surface area contributed by atoms with Gasteiger partial charge in [-0.25, -0.2) is 12.8 Å². The number of hydrogen-bond acceptors (Lipinski definition) is 3. The van der Waals surface area contributed by atoms with Crippen LogP contribution in [0.15, 0.2) is 54.6 Å². The number of nitrogens with one attached hydrogen (secondary N) is 1. The van der Waals surface area contributed by atoms with Gasteiger partial charge in [-0.15, -0.1) is 0 Å². The molecule has 0 aromatic heterocycles. The van der Waals surface area contributed by atoms with Crippen LogP contribution in [0.1, 0.15) is 45.2 Å². The third kappa shape index (κ3) is 6.29. The minimum atomic E-state index is -3.76. The van der Waals surface area contributed by atoms with Crippen molar-refractivity contribution in [1.82, 2.24) is 5.32 Å². The lowest BCUT2D eigenvalue weighted by molar-refractivity contribution is -0.123. The Bertz CT molecular complexity index is 899. The van der Waals surface area contributed by atoms with Crippen molar-refractivity contribution in [2.45, 2.75) is 45.7 Å². The fraction of sp³-hybridized carbons (Fsp3) is 0.409. The number of carbonyl (C=O) groups excluding carboxylic acids is 1. The van der Waals surface area contributed by atoms with Crippen LogP contribution in [0, 0.1) is 11.7 Å². The second-order valence-electron chi connectivity index (χ2n) is 7.56. The Labute approximate surface area is 173 Å². The predicted octanol–water partition coefficient (Wildman–Crippen LogP) is 4.27. The quantitative estimate of drug-likeness (QED) is 0.659. The van der Waals surface area contributed by atoms with Gasteiger partial charge in [-0.2, -0.15) is 0 Å². The fourth-order valence-corrected chi connectivity index (χ4v) is 4.56. The number of nitrogens with zero attached hydrogens (tertiary/aromatic N) is 1. The zero-order valence-electron chi connectivity index (χ0n) is 17.3. The van der Waals surface area contributed by atoms with Crippen molar-refractivity contribution in [3.8, 4) is 0 Å². The molecule has 0 fully saturated rings. The van der Waals surface area contributed by atoms with E-state index in [0.717, 1.165) is 22.5 Å². The van der Waals surface area contributed by atoms with E-state index in [0.29, 0.717) is 5.92 Å². The molecule has 158 valence electrons. The van der Waals surface area contributed by atoms with Gasteiger partial charge in [0.05, 0.1) is 18.0 Å². The molecule has 7 heteroatoms. The third-order valence-electron chi connectivity index (χ3n) is 4.64. The first-order chi connectivity index (χ1) is 13.6. The maximum atomic E-state index is 13.3. The summed E-state index contributed by atoms with van der Waals surface area (Å²) in [4.78, 5) is 13.2. The summed E-state index contributed by atoms with van der Waals surface area (Å²) in [5, 5.41) is 3.03. The average molecular weight is 421 g/mol. The zero-order valence-corrected chi connectivity index (χ0v) is 18.1. The molecule has 1 N–H and O–H groups in total. The Morgan fingerprint density at radius 3 is 2.14 bits per heavy atom. The van der Waals surface area contributed by atoms with Gasteiger partial charge in [0.25, 0.3) is 0 Å². The van der Waals surface area contributed by atoms with Gasteiger partial charge in [0.15, 0.2) is 0 Å². The zero-order chi connectivity index (χ0) is 21.6. The minimum absolute atomic E-state index is 0.229. The SMILES string of the molecule is CC[C@@H](C(=O)N[C@@H](CC(C)C)c1ccccc1)N(c1ccc(F)cc1)S(C)(=O)=O. The number of anilines is 1. The van der Waals surface area contributed by atoms with E-state index in [1.54, 1.807) is 6.92 Å². The normalized spacial score (nSPS) is 13.7. The minimum Gasteiger partial charge on any atom is -0.347 e. The van der Waals surface area contributed by atoms with Crippen LogP contribution in [0.5, 0.6) is 0 Å². The summed E-state index contributed by atoms with van der Waals surface area (Å²) >= 11 is 0. The van der Waals surface area contributed by atoms with Crippen molar-refractivity contribution < 1.29 is 17.6 Å². The number of sulfonamides is 1. The van der Waals surface area contributed by atoms with E-state index in [4.69, 9.17) is 0 Å². The number of hydrogen-bond donors (Lipinski definition) is 1. The molecule has 29 heavy (non-hydrogen) atoms. The maximum absolute atomic E-state index is 13.3. The molecule has 0 radical (unpaired) electrons. The highest BCUT2D eigenvalue weighted by molar-refractivity contribution is 7.92. The van der Waals surface area contributed by atoms with Crippen LogP contribution in [0.2, 0.25) is 0 Å². The largest absolute Gasteiger partial charge is 0.347 e. The number of halogens is 1. The summed E-state index contributed by atoms with van der Waals surface area (Å²) in [6.07, 6.45) is 2.05. The molecule has 0 saturated heterocycles. The van der Waals surface area contributed by atoms with E-state index in [9.17, 15) is 17.6 Å². The predicted molar refractivity (Wildman–Crippen MR) is 115 cm³/mol. The first-order valence-corrected chi connectivity index (χ1v) is 11.6. The van der Waals surface area contributed by atoms with Gasteiger partial charge >= 0.3 is 0 Å². The van der Waals surface area contributed by atoms with Crippen molar-refractivity contribution in [2.75, 3.05) is 10.6 Å². The highest BCUT2D eigenvalue weighted by Crippen LogP contribution is 2.25. The second kappa shape index (κ2) is 9.87. The fourth-order valence-electron chi connectivity index (χ4n) is 3.35. The van der Waals surface area contributed by atoms with Gasteiger partial charge < -0.3 is 5.32 Å². The molecule has 1 amide bonds. The van der Waals surface area contributed by atoms with Gasteiger partial charge in [0, 0.05) is 0 Å². The van der Waals surface area contributed by atoms with Crippen LogP contribution >= 0.6 is 0 Å². The molecule has 0 bridgehead atoms. The lowest BCUT2D eigenvalue weighted by Crippen LogP contribution is -2.50. The number of amides is 1. The van der Waals surface area contributed by atoms with Crippen LogP contribution in [0.3, 0.4) is 0 Å². The Hall–Kier alpha value is -2.41. The molecule has 0 heterocycles. The lowest BCUT2D eigenvalue weighted by atomic mass is 9.96. The van der Waals surface area contributed by atoms with Crippen molar-refractivity contribution in [3.63, 3.8) is 0 Å². The Balaban J connectivity index is 2.35. The van der Waals surface area contributed by atoms with Crippen LogP contribution in [0.4, 0.5) is 10.1 Å². The van der Waals surface area contributed by atoms with Gasteiger partial charge in [0.1, 0.15) is 11.9 Å². The molecule has 2 aromatic carbocycles. The smallest absolute Gasteiger partial charge is 0.244 e. The summed E-state index contributed by atoms with van der Waals surface area (Å²) in [7, 11) is -3.76. The molecule has 2 aromatic rings. The Kier molecular flexibility index (Phi) is 7.79. The van der Waals surface area contributed by atoms with E-state index in [2.05, 4.69) is 19.2 Å². The monoisotopic (exact) mass is 420 g/mol. The van der Waals surface area contributed by atoms with E-state index in [1.807, 2.05) is 30.3 Å². The van der Waals surface area contributed by atoms with E-state index >= 15 is 0 Å². The van der Waals surface area contributed by atoms with Gasteiger partial charge in [-0.1, -0.05) is 51.1 Å². The van der Waals surface area contributed by atoms with E-state index in [1.165, 1.54) is 24.3 Å². The van der Waals surface area contributed by atoms with E-state index in [-0.39, 0.29) is 24.1 Å². The Morgan fingerprint density at radius 2 is 1.66 bits per heavy atom. The van der Waals surface area contributed by atoms with Gasteiger partial charge in [0.2, 0.25) is 15.9 Å². The van der Waals surface area contributed by atoms with E-state index < -0.39 is 21.9 Å². The highest BCUT2D eigenvalue weighted by atomic mass is 32.2. The molecule has 2 rings (SSSR count).